The molecule has 0 spiro atoms. The van der Waals surface area contributed by atoms with E-state index in [0.29, 0.717) is 13.2 Å². The lowest BCUT2D eigenvalue weighted by Crippen LogP contribution is -2.31. The van der Waals surface area contributed by atoms with Crippen LogP contribution in [0.5, 0.6) is 5.75 Å². The average molecular weight is 305 g/mol. The second-order valence-corrected chi connectivity index (χ2v) is 6.14. The lowest BCUT2D eigenvalue weighted by Gasteiger charge is -2.13. The van der Waals surface area contributed by atoms with Crippen LogP contribution in [0.1, 0.15) is 22.9 Å². The molecule has 0 aliphatic rings. The molecule has 1 heterocycles. The van der Waals surface area contributed by atoms with E-state index in [4.69, 9.17) is 4.74 Å². The largest absolute Gasteiger partial charge is 0.491 e. The highest BCUT2D eigenvalue weighted by atomic mass is 32.1. The molecular formula is C17H23NO2S. The molecule has 0 aliphatic carbocycles. The molecule has 0 bridgehead atoms. The summed E-state index contributed by atoms with van der Waals surface area (Å²) >= 11 is 1.76. The van der Waals surface area contributed by atoms with Crippen molar-refractivity contribution in [2.75, 3.05) is 13.2 Å². The SMILES string of the molecule is CCc1ccsc1CNCC(O)COc1cccc(C)c1. The Balaban J connectivity index is 1.69. The first-order valence-corrected chi connectivity index (χ1v) is 8.20. The summed E-state index contributed by atoms with van der Waals surface area (Å²) in [4.78, 5) is 1.35. The van der Waals surface area contributed by atoms with E-state index in [0.717, 1.165) is 24.3 Å². The second kappa shape index (κ2) is 8.17. The smallest absolute Gasteiger partial charge is 0.119 e. The Labute approximate surface area is 130 Å². The van der Waals surface area contributed by atoms with E-state index >= 15 is 0 Å². The van der Waals surface area contributed by atoms with Crippen molar-refractivity contribution in [1.29, 1.82) is 0 Å². The van der Waals surface area contributed by atoms with Gasteiger partial charge in [0.1, 0.15) is 18.5 Å². The number of hydrogen-bond acceptors (Lipinski definition) is 4. The number of hydrogen-bond donors (Lipinski definition) is 2. The van der Waals surface area contributed by atoms with Crippen molar-refractivity contribution in [2.24, 2.45) is 0 Å². The molecule has 0 fully saturated rings. The maximum atomic E-state index is 9.95. The third kappa shape index (κ3) is 5.16. The Hall–Kier alpha value is -1.36. The quantitative estimate of drug-likeness (QED) is 0.787. The van der Waals surface area contributed by atoms with Crippen LogP contribution in [-0.4, -0.2) is 24.4 Å². The zero-order valence-electron chi connectivity index (χ0n) is 12.6. The highest BCUT2D eigenvalue weighted by Gasteiger charge is 2.07. The van der Waals surface area contributed by atoms with Crippen molar-refractivity contribution in [2.45, 2.75) is 32.9 Å². The summed E-state index contributed by atoms with van der Waals surface area (Å²) in [6, 6.07) is 10.0. The molecule has 4 heteroatoms. The number of aliphatic hydroxyl groups excluding tert-OH is 1. The molecule has 2 aromatic rings. The van der Waals surface area contributed by atoms with Gasteiger partial charge in [-0.05, 0) is 48.1 Å². The van der Waals surface area contributed by atoms with Crippen molar-refractivity contribution in [3.63, 3.8) is 0 Å². The summed E-state index contributed by atoms with van der Waals surface area (Å²) in [5.41, 5.74) is 2.54. The average Bonchev–Trinajstić information content (AvgIpc) is 2.93. The molecule has 1 unspecified atom stereocenters. The van der Waals surface area contributed by atoms with Gasteiger partial charge in [0.25, 0.3) is 0 Å². The molecule has 3 nitrogen and oxygen atoms in total. The van der Waals surface area contributed by atoms with Crippen LogP contribution in [0.4, 0.5) is 0 Å². The molecule has 0 aliphatic heterocycles. The minimum atomic E-state index is -0.504. The van der Waals surface area contributed by atoms with Crippen LogP contribution in [-0.2, 0) is 13.0 Å². The maximum Gasteiger partial charge on any atom is 0.119 e. The van der Waals surface area contributed by atoms with Crippen LogP contribution in [0.3, 0.4) is 0 Å². The van der Waals surface area contributed by atoms with E-state index in [9.17, 15) is 5.11 Å². The van der Waals surface area contributed by atoms with Crippen LogP contribution in [0.2, 0.25) is 0 Å². The van der Waals surface area contributed by atoms with Gasteiger partial charge in [0.15, 0.2) is 0 Å². The highest BCUT2D eigenvalue weighted by molar-refractivity contribution is 7.10. The van der Waals surface area contributed by atoms with Crippen LogP contribution in [0.25, 0.3) is 0 Å². The number of aliphatic hydroxyl groups is 1. The maximum absolute atomic E-state index is 9.95. The van der Waals surface area contributed by atoms with E-state index in [-0.39, 0.29) is 0 Å². The fourth-order valence-corrected chi connectivity index (χ4v) is 3.09. The molecule has 21 heavy (non-hydrogen) atoms. The van der Waals surface area contributed by atoms with Crippen LogP contribution < -0.4 is 10.1 Å². The van der Waals surface area contributed by atoms with Crippen molar-refractivity contribution in [3.8, 4) is 5.75 Å². The molecular weight excluding hydrogens is 282 g/mol. The topological polar surface area (TPSA) is 41.5 Å². The summed E-state index contributed by atoms with van der Waals surface area (Å²) in [6.07, 6.45) is 0.551. The van der Waals surface area contributed by atoms with E-state index < -0.39 is 6.10 Å². The first-order valence-electron chi connectivity index (χ1n) is 7.32. The number of rotatable bonds is 8. The van der Waals surface area contributed by atoms with E-state index in [1.54, 1.807) is 11.3 Å². The Bertz CT molecular complexity index is 553. The van der Waals surface area contributed by atoms with Gasteiger partial charge in [0, 0.05) is 18.0 Å². The molecule has 1 aromatic carbocycles. The van der Waals surface area contributed by atoms with Gasteiger partial charge >= 0.3 is 0 Å². The number of aryl methyl sites for hydroxylation is 2. The van der Waals surface area contributed by atoms with Gasteiger partial charge in [-0.1, -0.05) is 19.1 Å². The normalized spacial score (nSPS) is 12.3. The molecule has 1 atom stereocenters. The fraction of sp³-hybridized carbons (Fsp3) is 0.412. The summed E-state index contributed by atoms with van der Waals surface area (Å²) < 4.78 is 5.59. The summed E-state index contributed by atoms with van der Waals surface area (Å²) in [5, 5.41) is 15.4. The highest BCUT2D eigenvalue weighted by Crippen LogP contribution is 2.17. The van der Waals surface area contributed by atoms with Gasteiger partial charge < -0.3 is 15.2 Å². The predicted molar refractivity (Wildman–Crippen MR) is 88.1 cm³/mol. The first kappa shape index (κ1) is 16.0. The van der Waals surface area contributed by atoms with Gasteiger partial charge in [-0.2, -0.15) is 0 Å². The molecule has 0 saturated carbocycles. The molecule has 1 aromatic heterocycles. The minimum absolute atomic E-state index is 0.307. The second-order valence-electron chi connectivity index (χ2n) is 5.13. The monoisotopic (exact) mass is 305 g/mol. The zero-order valence-corrected chi connectivity index (χ0v) is 13.5. The molecule has 0 saturated heterocycles. The minimum Gasteiger partial charge on any atom is -0.491 e. The Morgan fingerprint density at radius 3 is 2.95 bits per heavy atom. The molecule has 114 valence electrons. The zero-order chi connectivity index (χ0) is 15.1. The van der Waals surface area contributed by atoms with Crippen molar-refractivity contribution in [3.05, 3.63) is 51.7 Å². The lowest BCUT2D eigenvalue weighted by atomic mass is 10.2. The van der Waals surface area contributed by atoms with Gasteiger partial charge in [-0.3, -0.25) is 0 Å². The number of thiophene rings is 1. The van der Waals surface area contributed by atoms with E-state index in [2.05, 4.69) is 23.7 Å². The Kier molecular flexibility index (Phi) is 6.23. The summed E-state index contributed by atoms with van der Waals surface area (Å²) in [7, 11) is 0. The van der Waals surface area contributed by atoms with Gasteiger partial charge in [-0.15, -0.1) is 11.3 Å². The number of benzene rings is 1. The Morgan fingerprint density at radius 2 is 2.19 bits per heavy atom. The fourth-order valence-electron chi connectivity index (χ4n) is 2.15. The van der Waals surface area contributed by atoms with Crippen molar-refractivity contribution in [1.82, 2.24) is 5.32 Å². The third-order valence-corrected chi connectivity index (χ3v) is 4.28. The first-order chi connectivity index (χ1) is 10.2. The van der Waals surface area contributed by atoms with E-state index in [1.807, 2.05) is 31.2 Å². The molecule has 0 amide bonds. The van der Waals surface area contributed by atoms with Crippen LogP contribution >= 0.6 is 11.3 Å². The standard InChI is InChI=1S/C17H23NO2S/c1-3-14-7-8-21-17(14)11-18-10-15(19)12-20-16-6-4-5-13(2)9-16/h4-9,15,18-19H,3,10-12H2,1-2H3. The van der Waals surface area contributed by atoms with Crippen molar-refractivity contribution < 1.29 is 9.84 Å². The Morgan fingerprint density at radius 1 is 1.33 bits per heavy atom. The number of ether oxygens (including phenoxy) is 1. The van der Waals surface area contributed by atoms with Crippen LogP contribution in [0, 0.1) is 6.92 Å². The third-order valence-electron chi connectivity index (χ3n) is 3.32. The molecule has 2 N–H and O–H groups in total. The van der Waals surface area contributed by atoms with E-state index in [1.165, 1.54) is 10.4 Å². The van der Waals surface area contributed by atoms with Gasteiger partial charge in [0.05, 0.1) is 0 Å². The van der Waals surface area contributed by atoms with Crippen molar-refractivity contribution >= 4 is 11.3 Å². The molecule has 2 rings (SSSR count). The predicted octanol–water partition coefficient (Wildman–Crippen LogP) is 3.15. The summed E-state index contributed by atoms with van der Waals surface area (Å²) in [5.74, 6) is 0.806. The van der Waals surface area contributed by atoms with Gasteiger partial charge in [-0.25, -0.2) is 0 Å². The number of nitrogens with one attached hydrogen (secondary N) is 1. The summed E-state index contributed by atoms with van der Waals surface area (Å²) in [6.45, 7) is 5.84. The lowest BCUT2D eigenvalue weighted by molar-refractivity contribution is 0.106. The molecule has 0 radical (unpaired) electrons. The van der Waals surface area contributed by atoms with Crippen LogP contribution in [0.15, 0.2) is 35.7 Å². The van der Waals surface area contributed by atoms with Gasteiger partial charge in [0.2, 0.25) is 0 Å².